The summed E-state index contributed by atoms with van der Waals surface area (Å²) in [5.41, 5.74) is -0.124. The number of ether oxygens (including phenoxy) is 1. The smallest absolute Gasteiger partial charge is 0.0914 e. The van der Waals surface area contributed by atoms with Crippen molar-refractivity contribution in [3.63, 3.8) is 0 Å². The molecule has 2 bridgehead atoms. The van der Waals surface area contributed by atoms with E-state index in [-0.39, 0.29) is 19.6 Å². The van der Waals surface area contributed by atoms with Gasteiger partial charge in [0.25, 0.3) is 0 Å². The molecule has 2 aliphatic rings. The Morgan fingerprint density at radius 3 is 2.92 bits per heavy atom. The minimum Gasteiger partial charge on any atom is -0.393 e. The van der Waals surface area contributed by atoms with Crippen LogP contribution in [-0.2, 0) is 4.74 Å². The van der Waals surface area contributed by atoms with Crippen molar-refractivity contribution in [3.05, 3.63) is 0 Å². The van der Waals surface area contributed by atoms with Gasteiger partial charge in [-0.1, -0.05) is 20.3 Å². The summed E-state index contributed by atoms with van der Waals surface area (Å²) >= 11 is 0. The maximum atomic E-state index is 9.17. The fourth-order valence-electron chi connectivity index (χ4n) is 2.45. The molecule has 72 valence electrons. The maximum Gasteiger partial charge on any atom is 0.0914 e. The molecule has 2 rings (SSSR count). The van der Waals surface area contributed by atoms with Crippen molar-refractivity contribution in [2.24, 2.45) is 5.92 Å². The largest absolute Gasteiger partial charge is 0.393 e. The molecule has 1 saturated heterocycles. The first-order valence-electron chi connectivity index (χ1n) is 4.59. The Kier molecular flexibility index (Phi) is 3.13. The highest BCUT2D eigenvalue weighted by molar-refractivity contribution is 4.90. The van der Waals surface area contributed by atoms with E-state index in [0.717, 1.165) is 25.4 Å². The van der Waals surface area contributed by atoms with Crippen molar-refractivity contribution in [2.75, 3.05) is 13.2 Å². The number of aliphatic hydroxyl groups excluding tert-OH is 1. The molecular formula is C10H20O2. The minimum absolute atomic E-state index is 0. The highest BCUT2D eigenvalue weighted by Gasteiger charge is 2.39. The van der Waals surface area contributed by atoms with E-state index < -0.39 is 0 Å². The van der Waals surface area contributed by atoms with Crippen molar-refractivity contribution >= 4 is 0 Å². The van der Waals surface area contributed by atoms with E-state index in [9.17, 15) is 0 Å². The summed E-state index contributed by atoms with van der Waals surface area (Å²) in [5, 5.41) is 9.17. The SMILES string of the molecule is C.OCC12CCCC(CCO1)C2. The van der Waals surface area contributed by atoms with E-state index in [2.05, 4.69) is 0 Å². The van der Waals surface area contributed by atoms with Crippen LogP contribution in [0.1, 0.15) is 39.5 Å². The molecule has 1 saturated carbocycles. The van der Waals surface area contributed by atoms with Gasteiger partial charge < -0.3 is 9.84 Å². The summed E-state index contributed by atoms with van der Waals surface area (Å²) in [6.45, 7) is 1.09. The minimum atomic E-state index is -0.124. The molecule has 12 heavy (non-hydrogen) atoms. The number of aliphatic hydroxyl groups is 1. The molecule has 2 heteroatoms. The van der Waals surface area contributed by atoms with E-state index in [1.54, 1.807) is 0 Å². The molecule has 2 fully saturated rings. The Morgan fingerprint density at radius 2 is 2.25 bits per heavy atom. The summed E-state index contributed by atoms with van der Waals surface area (Å²) in [4.78, 5) is 0. The normalized spacial score (nSPS) is 40.2. The third kappa shape index (κ3) is 1.64. The second-order valence-corrected chi connectivity index (χ2v) is 3.94. The van der Waals surface area contributed by atoms with Gasteiger partial charge in [-0.05, 0) is 25.2 Å². The second-order valence-electron chi connectivity index (χ2n) is 3.94. The predicted octanol–water partition coefficient (Wildman–Crippen LogP) is 1.96. The van der Waals surface area contributed by atoms with E-state index in [1.807, 2.05) is 0 Å². The molecule has 2 atom stereocenters. The highest BCUT2D eigenvalue weighted by atomic mass is 16.5. The molecule has 2 nitrogen and oxygen atoms in total. The Morgan fingerprint density at radius 1 is 1.42 bits per heavy atom. The van der Waals surface area contributed by atoms with Crippen molar-refractivity contribution in [3.8, 4) is 0 Å². The van der Waals surface area contributed by atoms with Crippen LogP contribution < -0.4 is 0 Å². The van der Waals surface area contributed by atoms with Crippen LogP contribution in [0.15, 0.2) is 0 Å². The van der Waals surface area contributed by atoms with Crippen LogP contribution >= 0.6 is 0 Å². The van der Waals surface area contributed by atoms with Gasteiger partial charge in [-0.3, -0.25) is 0 Å². The lowest BCUT2D eigenvalue weighted by molar-refractivity contribution is -0.144. The van der Waals surface area contributed by atoms with Gasteiger partial charge >= 0.3 is 0 Å². The van der Waals surface area contributed by atoms with Crippen LogP contribution in [0.5, 0.6) is 0 Å². The molecule has 0 aromatic rings. The Bertz CT molecular complexity index is 135. The van der Waals surface area contributed by atoms with Crippen LogP contribution in [0.2, 0.25) is 0 Å². The third-order valence-corrected chi connectivity index (χ3v) is 3.13. The lowest BCUT2D eigenvalue weighted by Crippen LogP contribution is -2.45. The first-order chi connectivity index (χ1) is 5.35. The topological polar surface area (TPSA) is 29.5 Å². The van der Waals surface area contributed by atoms with E-state index in [0.29, 0.717) is 0 Å². The zero-order valence-corrected chi connectivity index (χ0v) is 6.88. The van der Waals surface area contributed by atoms with Gasteiger partial charge in [-0.25, -0.2) is 0 Å². The molecule has 1 N–H and O–H groups in total. The molecule has 1 aliphatic heterocycles. The average molecular weight is 172 g/mol. The molecule has 0 aromatic heterocycles. The van der Waals surface area contributed by atoms with Gasteiger partial charge in [0.2, 0.25) is 0 Å². The average Bonchev–Trinajstić information content (AvgIpc) is 2.05. The molecule has 0 radical (unpaired) electrons. The molecule has 1 aliphatic carbocycles. The molecule has 0 spiro atoms. The third-order valence-electron chi connectivity index (χ3n) is 3.13. The number of hydrogen-bond donors (Lipinski definition) is 1. The summed E-state index contributed by atoms with van der Waals surface area (Å²) in [6.07, 6.45) is 5.97. The fraction of sp³-hybridized carbons (Fsp3) is 1.00. The van der Waals surface area contributed by atoms with Crippen molar-refractivity contribution in [1.29, 1.82) is 0 Å². The standard InChI is InChI=1S/C9H16O2.CH4/c10-7-9-4-1-2-8(6-9)3-5-11-9;/h8,10H,1-7H2;1H4. The van der Waals surface area contributed by atoms with Crippen molar-refractivity contribution in [2.45, 2.75) is 45.1 Å². The maximum absolute atomic E-state index is 9.17. The molecule has 1 heterocycles. The fourth-order valence-corrected chi connectivity index (χ4v) is 2.45. The van der Waals surface area contributed by atoms with E-state index >= 15 is 0 Å². The zero-order valence-electron chi connectivity index (χ0n) is 6.88. The van der Waals surface area contributed by atoms with Crippen LogP contribution in [0.25, 0.3) is 0 Å². The lowest BCUT2D eigenvalue weighted by Gasteiger charge is -2.43. The van der Waals surface area contributed by atoms with Crippen molar-refractivity contribution < 1.29 is 9.84 Å². The van der Waals surface area contributed by atoms with Crippen LogP contribution in [0.4, 0.5) is 0 Å². The zero-order chi connectivity index (χ0) is 7.73. The molecular weight excluding hydrogens is 152 g/mol. The first-order valence-corrected chi connectivity index (χ1v) is 4.59. The second kappa shape index (κ2) is 3.75. The predicted molar refractivity (Wildman–Crippen MR) is 49.1 cm³/mol. The van der Waals surface area contributed by atoms with Gasteiger partial charge in [-0.15, -0.1) is 0 Å². The quantitative estimate of drug-likeness (QED) is 0.655. The monoisotopic (exact) mass is 172 g/mol. The van der Waals surface area contributed by atoms with E-state index in [4.69, 9.17) is 9.84 Å². The van der Waals surface area contributed by atoms with Crippen LogP contribution in [-0.4, -0.2) is 23.9 Å². The van der Waals surface area contributed by atoms with Gasteiger partial charge in [-0.2, -0.15) is 0 Å². The molecule has 2 unspecified atom stereocenters. The Labute approximate surface area is 74.9 Å². The summed E-state index contributed by atoms with van der Waals surface area (Å²) in [6, 6.07) is 0. The van der Waals surface area contributed by atoms with Gasteiger partial charge in [0.05, 0.1) is 12.2 Å². The summed E-state index contributed by atoms with van der Waals surface area (Å²) < 4.78 is 5.64. The number of hydrogen-bond acceptors (Lipinski definition) is 2. The van der Waals surface area contributed by atoms with Gasteiger partial charge in [0, 0.05) is 6.61 Å². The first kappa shape index (κ1) is 10.0. The highest BCUT2D eigenvalue weighted by Crippen LogP contribution is 2.40. The Hall–Kier alpha value is -0.0800. The van der Waals surface area contributed by atoms with Gasteiger partial charge in [0.15, 0.2) is 0 Å². The molecule has 0 aromatic carbocycles. The molecule has 0 amide bonds. The lowest BCUT2D eigenvalue weighted by atomic mass is 9.75. The summed E-state index contributed by atoms with van der Waals surface area (Å²) in [5.74, 6) is 0.838. The van der Waals surface area contributed by atoms with E-state index in [1.165, 1.54) is 19.3 Å². The van der Waals surface area contributed by atoms with Crippen molar-refractivity contribution in [1.82, 2.24) is 0 Å². The Balaban J connectivity index is 0.000000720. The summed E-state index contributed by atoms with van der Waals surface area (Å²) in [7, 11) is 0. The number of rotatable bonds is 1. The van der Waals surface area contributed by atoms with Crippen LogP contribution in [0.3, 0.4) is 0 Å². The van der Waals surface area contributed by atoms with Gasteiger partial charge in [0.1, 0.15) is 0 Å². The number of fused-ring (bicyclic) bond motifs is 2. The van der Waals surface area contributed by atoms with Crippen LogP contribution in [0, 0.1) is 5.92 Å².